The quantitative estimate of drug-likeness (QED) is 0.408. The molecule has 30 heavy (non-hydrogen) atoms. The smallest absolute Gasteiger partial charge is 0.437 e. The largest absolute Gasteiger partial charge is 0.449 e. The highest BCUT2D eigenvalue weighted by Gasteiger charge is 2.39. The zero-order chi connectivity index (χ0) is 21.5. The van der Waals surface area contributed by atoms with Gasteiger partial charge >= 0.3 is 6.18 Å². The van der Waals surface area contributed by atoms with Crippen LogP contribution in [-0.2, 0) is 6.18 Å². The molecule has 152 valence electrons. The van der Waals surface area contributed by atoms with Gasteiger partial charge in [-0.25, -0.2) is 9.97 Å². The van der Waals surface area contributed by atoms with Crippen molar-refractivity contribution in [2.45, 2.75) is 6.18 Å². The summed E-state index contributed by atoms with van der Waals surface area (Å²) < 4.78 is 46.2. The second-order valence-electron chi connectivity index (χ2n) is 6.16. The van der Waals surface area contributed by atoms with Gasteiger partial charge in [-0.05, 0) is 24.3 Å². The lowest BCUT2D eigenvalue weighted by Crippen LogP contribution is -2.21. The summed E-state index contributed by atoms with van der Waals surface area (Å²) in [4.78, 5) is 22.7. The molecule has 0 bridgehead atoms. The molecule has 0 atom stereocenters. The standard InChI is InChI=1S/C20H10Cl2F3N3O2/c21-12-7-6-11(9-13(12)22)30-16-17(20(23,24)25)27-18(28-19(16)29)15-8-5-10-3-1-2-4-14(10)26-15/h1-9H,(H,27,28,29). The zero-order valence-electron chi connectivity index (χ0n) is 14.8. The van der Waals surface area contributed by atoms with E-state index in [2.05, 4.69) is 15.0 Å². The second kappa shape index (κ2) is 7.62. The van der Waals surface area contributed by atoms with Crippen molar-refractivity contribution < 1.29 is 17.9 Å². The number of pyridine rings is 1. The highest BCUT2D eigenvalue weighted by molar-refractivity contribution is 6.42. The maximum Gasteiger partial charge on any atom is 0.437 e. The van der Waals surface area contributed by atoms with Gasteiger partial charge in [-0.15, -0.1) is 0 Å². The highest BCUT2D eigenvalue weighted by atomic mass is 35.5. The predicted octanol–water partition coefficient (Wildman–Crippen LogP) is 6.10. The molecule has 0 saturated heterocycles. The molecule has 4 rings (SSSR count). The van der Waals surface area contributed by atoms with E-state index in [1.165, 1.54) is 24.3 Å². The maximum absolute atomic E-state index is 13.7. The lowest BCUT2D eigenvalue weighted by Gasteiger charge is -2.14. The summed E-state index contributed by atoms with van der Waals surface area (Å²) in [7, 11) is 0. The lowest BCUT2D eigenvalue weighted by molar-refractivity contribution is -0.142. The minimum absolute atomic E-state index is 0.0593. The Balaban J connectivity index is 1.83. The molecule has 4 aromatic rings. The summed E-state index contributed by atoms with van der Waals surface area (Å²) in [6.07, 6.45) is -4.95. The molecule has 0 amide bonds. The normalized spacial score (nSPS) is 11.6. The molecule has 0 spiro atoms. The van der Waals surface area contributed by atoms with Crippen molar-refractivity contribution in [1.82, 2.24) is 15.0 Å². The van der Waals surface area contributed by atoms with Gasteiger partial charge in [0.1, 0.15) is 11.4 Å². The van der Waals surface area contributed by atoms with E-state index in [0.717, 1.165) is 5.39 Å². The Hall–Kier alpha value is -3.10. The van der Waals surface area contributed by atoms with Crippen LogP contribution in [0.5, 0.6) is 11.5 Å². The Bertz CT molecular complexity index is 1320. The number of benzene rings is 2. The van der Waals surface area contributed by atoms with Crippen molar-refractivity contribution in [3.8, 4) is 23.0 Å². The first-order valence-corrected chi connectivity index (χ1v) is 9.18. The number of hydrogen-bond donors (Lipinski definition) is 1. The number of aromatic nitrogens is 3. The van der Waals surface area contributed by atoms with E-state index in [0.29, 0.717) is 5.52 Å². The summed E-state index contributed by atoms with van der Waals surface area (Å²) >= 11 is 11.7. The number of alkyl halides is 3. The average Bonchev–Trinajstić information content (AvgIpc) is 2.70. The summed E-state index contributed by atoms with van der Waals surface area (Å²) in [5, 5.41) is 1.04. The average molecular weight is 452 g/mol. The Morgan fingerprint density at radius 2 is 1.70 bits per heavy atom. The molecule has 0 radical (unpaired) electrons. The lowest BCUT2D eigenvalue weighted by atomic mass is 10.2. The Morgan fingerprint density at radius 3 is 2.43 bits per heavy atom. The minimum Gasteiger partial charge on any atom is -0.449 e. The van der Waals surface area contributed by atoms with E-state index >= 15 is 0 Å². The van der Waals surface area contributed by atoms with Gasteiger partial charge in [0.25, 0.3) is 5.56 Å². The van der Waals surface area contributed by atoms with Crippen molar-refractivity contribution in [2.75, 3.05) is 0 Å². The third-order valence-corrected chi connectivity index (χ3v) is 4.84. The number of ether oxygens (including phenoxy) is 1. The molecule has 2 heterocycles. The third-order valence-electron chi connectivity index (χ3n) is 4.10. The monoisotopic (exact) mass is 451 g/mol. The molecule has 2 aromatic heterocycles. The first kappa shape index (κ1) is 20.2. The first-order chi connectivity index (χ1) is 14.2. The molecule has 0 fully saturated rings. The molecule has 0 aliphatic carbocycles. The van der Waals surface area contributed by atoms with Gasteiger partial charge < -0.3 is 9.72 Å². The molecular formula is C20H10Cl2F3N3O2. The van der Waals surface area contributed by atoms with E-state index in [1.54, 1.807) is 30.3 Å². The van der Waals surface area contributed by atoms with Gasteiger partial charge in [-0.1, -0.05) is 47.5 Å². The number of H-pyrrole nitrogens is 1. The summed E-state index contributed by atoms with van der Waals surface area (Å²) in [5.41, 5.74) is -1.98. The molecule has 2 aromatic carbocycles. The van der Waals surface area contributed by atoms with Crippen molar-refractivity contribution in [2.24, 2.45) is 0 Å². The molecule has 5 nitrogen and oxygen atoms in total. The molecule has 1 N–H and O–H groups in total. The van der Waals surface area contributed by atoms with Gasteiger partial charge in [0, 0.05) is 11.5 Å². The summed E-state index contributed by atoms with van der Waals surface area (Å²) in [5.74, 6) is -1.44. The SMILES string of the molecule is O=c1[nH]c(-c2ccc3ccccc3n2)nc(C(F)(F)F)c1Oc1ccc(Cl)c(Cl)c1. The first-order valence-electron chi connectivity index (χ1n) is 8.43. The van der Waals surface area contributed by atoms with Gasteiger partial charge in [0.2, 0.25) is 5.75 Å². The number of rotatable bonds is 3. The minimum atomic E-state index is -4.95. The number of aromatic amines is 1. The predicted molar refractivity (Wildman–Crippen MR) is 107 cm³/mol. The van der Waals surface area contributed by atoms with Crippen LogP contribution < -0.4 is 10.3 Å². The molecule has 0 aliphatic rings. The van der Waals surface area contributed by atoms with Crippen LogP contribution in [0.4, 0.5) is 13.2 Å². The van der Waals surface area contributed by atoms with Crippen LogP contribution >= 0.6 is 23.2 Å². The maximum atomic E-state index is 13.7. The van der Waals surface area contributed by atoms with Crippen molar-refractivity contribution in [3.05, 3.63) is 80.7 Å². The van der Waals surface area contributed by atoms with E-state index in [4.69, 9.17) is 27.9 Å². The van der Waals surface area contributed by atoms with Crippen molar-refractivity contribution in [1.29, 1.82) is 0 Å². The highest BCUT2D eigenvalue weighted by Crippen LogP contribution is 2.36. The van der Waals surface area contributed by atoms with Gasteiger partial charge in [-0.2, -0.15) is 13.2 Å². The van der Waals surface area contributed by atoms with Crippen molar-refractivity contribution >= 4 is 34.1 Å². The van der Waals surface area contributed by atoms with Crippen LogP contribution in [-0.4, -0.2) is 15.0 Å². The number of para-hydroxylation sites is 1. The van der Waals surface area contributed by atoms with E-state index < -0.39 is 23.2 Å². The number of nitrogens with zero attached hydrogens (tertiary/aromatic N) is 2. The van der Waals surface area contributed by atoms with Crippen LogP contribution in [0, 0.1) is 0 Å². The van der Waals surface area contributed by atoms with Gasteiger partial charge in [0.05, 0.1) is 15.6 Å². The van der Waals surface area contributed by atoms with Crippen molar-refractivity contribution in [3.63, 3.8) is 0 Å². The third kappa shape index (κ3) is 3.96. The number of nitrogens with one attached hydrogen (secondary N) is 1. The van der Waals surface area contributed by atoms with E-state index in [-0.39, 0.29) is 27.3 Å². The molecule has 0 saturated carbocycles. The van der Waals surface area contributed by atoms with Crippen LogP contribution in [0.3, 0.4) is 0 Å². The van der Waals surface area contributed by atoms with Crippen LogP contribution in [0.2, 0.25) is 10.0 Å². The summed E-state index contributed by atoms with van der Waals surface area (Å²) in [6.45, 7) is 0. The Kier molecular flexibility index (Phi) is 5.13. The van der Waals surface area contributed by atoms with Gasteiger partial charge in [0.15, 0.2) is 11.5 Å². The molecule has 0 unspecified atom stereocenters. The number of hydrogen-bond acceptors (Lipinski definition) is 4. The Labute approximate surface area is 177 Å². The van der Waals surface area contributed by atoms with E-state index in [9.17, 15) is 18.0 Å². The molecule has 0 aliphatic heterocycles. The fraction of sp³-hybridized carbons (Fsp3) is 0.0500. The fourth-order valence-corrected chi connectivity index (χ4v) is 3.01. The van der Waals surface area contributed by atoms with Gasteiger partial charge in [-0.3, -0.25) is 4.79 Å². The Morgan fingerprint density at radius 1 is 0.933 bits per heavy atom. The van der Waals surface area contributed by atoms with Crippen LogP contribution in [0.1, 0.15) is 5.69 Å². The number of halogens is 5. The zero-order valence-corrected chi connectivity index (χ0v) is 16.3. The van der Waals surface area contributed by atoms with E-state index in [1.807, 2.05) is 0 Å². The van der Waals surface area contributed by atoms with Crippen LogP contribution in [0.15, 0.2) is 59.4 Å². The number of fused-ring (bicyclic) bond motifs is 1. The second-order valence-corrected chi connectivity index (χ2v) is 6.97. The summed E-state index contributed by atoms with van der Waals surface area (Å²) in [6, 6.07) is 14.0. The molecule has 10 heteroatoms. The fourth-order valence-electron chi connectivity index (χ4n) is 2.73. The topological polar surface area (TPSA) is 67.9 Å². The molecular weight excluding hydrogens is 442 g/mol. The van der Waals surface area contributed by atoms with Crippen LogP contribution in [0.25, 0.3) is 22.4 Å².